The highest BCUT2D eigenvalue weighted by atomic mass is 32.2. The van der Waals surface area contributed by atoms with Crippen LogP contribution in [0.1, 0.15) is 12.5 Å². The van der Waals surface area contributed by atoms with Crippen molar-refractivity contribution in [1.29, 1.82) is 0 Å². The first-order valence-corrected chi connectivity index (χ1v) is 7.82. The van der Waals surface area contributed by atoms with Crippen molar-refractivity contribution in [1.82, 2.24) is 14.5 Å². The predicted molar refractivity (Wildman–Crippen MR) is 77.9 cm³/mol. The first-order valence-electron chi connectivity index (χ1n) is 6.34. The third-order valence-electron chi connectivity index (χ3n) is 2.92. The van der Waals surface area contributed by atoms with Crippen molar-refractivity contribution in [2.24, 2.45) is 0 Å². The highest BCUT2D eigenvalue weighted by Crippen LogP contribution is 2.15. The van der Waals surface area contributed by atoms with Gasteiger partial charge in [-0.05, 0) is 32.2 Å². The molecule has 0 amide bonds. The molecule has 0 atom stereocenters. The number of nitrogens with one attached hydrogen (secondary N) is 2. The van der Waals surface area contributed by atoms with Gasteiger partial charge in [-0.15, -0.1) is 0 Å². The molecule has 0 bridgehead atoms. The fourth-order valence-electron chi connectivity index (χ4n) is 1.77. The highest BCUT2D eigenvalue weighted by molar-refractivity contribution is 7.89. The monoisotopic (exact) mass is 294 g/mol. The molecule has 0 aliphatic carbocycles. The van der Waals surface area contributed by atoms with E-state index in [2.05, 4.69) is 15.1 Å². The van der Waals surface area contributed by atoms with Gasteiger partial charge in [0.05, 0.1) is 11.1 Å². The zero-order chi connectivity index (χ0) is 14.6. The molecule has 1 aromatic carbocycles. The van der Waals surface area contributed by atoms with Crippen molar-refractivity contribution in [3.8, 4) is 0 Å². The summed E-state index contributed by atoms with van der Waals surface area (Å²) in [5.41, 5.74) is 1.80. The van der Waals surface area contributed by atoms with Gasteiger partial charge in [-0.2, -0.15) is 5.10 Å². The van der Waals surface area contributed by atoms with E-state index in [1.165, 1.54) is 7.05 Å². The van der Waals surface area contributed by atoms with Gasteiger partial charge in [0.2, 0.25) is 10.0 Å². The molecule has 6 nitrogen and oxygen atoms in total. The lowest BCUT2D eigenvalue weighted by atomic mass is 10.3. The Morgan fingerprint density at radius 1 is 1.35 bits per heavy atom. The molecule has 2 aromatic rings. The topological polar surface area (TPSA) is 76.0 Å². The molecule has 0 saturated carbocycles. The van der Waals surface area contributed by atoms with E-state index >= 15 is 0 Å². The van der Waals surface area contributed by atoms with Crippen LogP contribution in [0, 0.1) is 0 Å². The van der Waals surface area contributed by atoms with Crippen LogP contribution in [0.25, 0.3) is 0 Å². The summed E-state index contributed by atoms with van der Waals surface area (Å²) in [6.07, 6.45) is 3.76. The fraction of sp³-hybridized carbons (Fsp3) is 0.308. The Hall–Kier alpha value is -1.86. The minimum atomic E-state index is -3.41. The van der Waals surface area contributed by atoms with Crippen molar-refractivity contribution < 1.29 is 8.42 Å². The zero-order valence-electron chi connectivity index (χ0n) is 11.5. The number of rotatable bonds is 6. The maximum absolute atomic E-state index is 11.7. The first-order chi connectivity index (χ1) is 9.55. The number of anilines is 1. The average Bonchev–Trinajstić information content (AvgIpc) is 2.93. The molecule has 0 fully saturated rings. The lowest BCUT2D eigenvalue weighted by Crippen LogP contribution is -2.18. The summed E-state index contributed by atoms with van der Waals surface area (Å²) >= 11 is 0. The van der Waals surface area contributed by atoms with Gasteiger partial charge in [-0.25, -0.2) is 13.1 Å². The van der Waals surface area contributed by atoms with Crippen molar-refractivity contribution in [3.05, 3.63) is 42.2 Å². The predicted octanol–water partition coefficient (Wildman–Crippen LogP) is 1.42. The van der Waals surface area contributed by atoms with Gasteiger partial charge >= 0.3 is 0 Å². The summed E-state index contributed by atoms with van der Waals surface area (Å²) in [6.45, 7) is 3.45. The van der Waals surface area contributed by atoms with Gasteiger partial charge in [0.25, 0.3) is 0 Å². The molecule has 0 aliphatic heterocycles. The molecule has 0 saturated heterocycles. The SMILES string of the molecule is CCn1cc(CNc2cccc(S(=O)(=O)NC)c2)cn1. The molecular formula is C13H18N4O2S. The Balaban J connectivity index is 2.08. The van der Waals surface area contributed by atoms with E-state index in [1.807, 2.05) is 23.9 Å². The van der Waals surface area contributed by atoms with Crippen LogP contribution in [0.15, 0.2) is 41.6 Å². The fourth-order valence-corrected chi connectivity index (χ4v) is 2.54. The van der Waals surface area contributed by atoms with E-state index in [0.717, 1.165) is 17.8 Å². The number of sulfonamides is 1. The number of aromatic nitrogens is 2. The summed E-state index contributed by atoms with van der Waals surface area (Å²) in [6, 6.07) is 6.71. The Morgan fingerprint density at radius 3 is 2.80 bits per heavy atom. The van der Waals surface area contributed by atoms with Gasteiger partial charge in [0.15, 0.2) is 0 Å². The minimum Gasteiger partial charge on any atom is -0.381 e. The second kappa shape index (κ2) is 6.06. The lowest BCUT2D eigenvalue weighted by Gasteiger charge is -2.07. The van der Waals surface area contributed by atoms with Crippen LogP contribution >= 0.6 is 0 Å². The van der Waals surface area contributed by atoms with Crippen LogP contribution in [-0.2, 0) is 23.1 Å². The summed E-state index contributed by atoms with van der Waals surface area (Å²) in [5.74, 6) is 0. The Kier molecular flexibility index (Phi) is 4.41. The van der Waals surface area contributed by atoms with Crippen LogP contribution in [0.5, 0.6) is 0 Å². The third-order valence-corrected chi connectivity index (χ3v) is 4.33. The molecule has 20 heavy (non-hydrogen) atoms. The van der Waals surface area contributed by atoms with Gasteiger partial charge in [-0.3, -0.25) is 4.68 Å². The molecule has 0 radical (unpaired) electrons. The van der Waals surface area contributed by atoms with E-state index < -0.39 is 10.0 Å². The van der Waals surface area contributed by atoms with E-state index in [9.17, 15) is 8.42 Å². The van der Waals surface area contributed by atoms with Crippen LogP contribution in [0.3, 0.4) is 0 Å². The zero-order valence-corrected chi connectivity index (χ0v) is 12.3. The Labute approximate surface area is 118 Å². The maximum Gasteiger partial charge on any atom is 0.240 e. The van der Waals surface area contributed by atoms with E-state index in [1.54, 1.807) is 24.4 Å². The summed E-state index contributed by atoms with van der Waals surface area (Å²) in [7, 11) is -2.01. The van der Waals surface area contributed by atoms with Crippen molar-refractivity contribution in [3.63, 3.8) is 0 Å². The molecule has 0 aliphatic rings. The molecule has 2 rings (SSSR count). The lowest BCUT2D eigenvalue weighted by molar-refractivity contribution is 0.588. The summed E-state index contributed by atoms with van der Waals surface area (Å²) in [5, 5.41) is 7.38. The summed E-state index contributed by atoms with van der Waals surface area (Å²) in [4.78, 5) is 0.245. The smallest absolute Gasteiger partial charge is 0.240 e. The Morgan fingerprint density at radius 2 is 2.15 bits per heavy atom. The van der Waals surface area contributed by atoms with Gasteiger partial charge in [0, 0.05) is 30.5 Å². The van der Waals surface area contributed by atoms with Gasteiger partial charge in [0.1, 0.15) is 0 Å². The van der Waals surface area contributed by atoms with Crippen LogP contribution in [-0.4, -0.2) is 25.2 Å². The molecule has 1 heterocycles. The molecule has 1 aromatic heterocycles. The van der Waals surface area contributed by atoms with Crippen molar-refractivity contribution in [2.75, 3.05) is 12.4 Å². The molecule has 0 spiro atoms. The number of aryl methyl sites for hydroxylation is 1. The third kappa shape index (κ3) is 3.37. The average molecular weight is 294 g/mol. The normalized spacial score (nSPS) is 11.5. The largest absolute Gasteiger partial charge is 0.381 e. The van der Waals surface area contributed by atoms with E-state index in [0.29, 0.717) is 6.54 Å². The van der Waals surface area contributed by atoms with E-state index in [4.69, 9.17) is 0 Å². The van der Waals surface area contributed by atoms with Crippen molar-refractivity contribution >= 4 is 15.7 Å². The molecule has 2 N–H and O–H groups in total. The number of benzene rings is 1. The quantitative estimate of drug-likeness (QED) is 0.845. The first kappa shape index (κ1) is 14.5. The molecule has 108 valence electrons. The second-order valence-electron chi connectivity index (χ2n) is 4.29. The van der Waals surface area contributed by atoms with Crippen LogP contribution < -0.4 is 10.0 Å². The second-order valence-corrected chi connectivity index (χ2v) is 6.18. The number of hydrogen-bond acceptors (Lipinski definition) is 4. The van der Waals surface area contributed by atoms with Gasteiger partial charge in [-0.1, -0.05) is 6.07 Å². The standard InChI is InChI=1S/C13H18N4O2S/c1-3-17-10-11(9-16-17)8-15-12-5-4-6-13(7-12)20(18,19)14-2/h4-7,9-10,14-15H,3,8H2,1-2H3. The minimum absolute atomic E-state index is 0.245. The highest BCUT2D eigenvalue weighted by Gasteiger charge is 2.11. The molecule has 0 unspecified atom stereocenters. The maximum atomic E-state index is 11.7. The molecule has 7 heteroatoms. The number of hydrogen-bond donors (Lipinski definition) is 2. The van der Waals surface area contributed by atoms with Crippen LogP contribution in [0.4, 0.5) is 5.69 Å². The number of nitrogens with zero attached hydrogens (tertiary/aromatic N) is 2. The van der Waals surface area contributed by atoms with E-state index in [-0.39, 0.29) is 4.90 Å². The summed E-state index contributed by atoms with van der Waals surface area (Å²) < 4.78 is 27.6. The molecular weight excluding hydrogens is 276 g/mol. The van der Waals surface area contributed by atoms with Crippen molar-refractivity contribution in [2.45, 2.75) is 24.9 Å². The van der Waals surface area contributed by atoms with Gasteiger partial charge < -0.3 is 5.32 Å². The van der Waals surface area contributed by atoms with Crippen LogP contribution in [0.2, 0.25) is 0 Å². The Bertz CT molecular complexity index is 679.